The number of rotatable bonds is 3. The number of benzene rings is 1. The van der Waals surface area contributed by atoms with E-state index in [-0.39, 0.29) is 12.5 Å². The molecule has 0 saturated carbocycles. The lowest BCUT2D eigenvalue weighted by Gasteiger charge is -2.39. The maximum absolute atomic E-state index is 12.2. The predicted octanol–water partition coefficient (Wildman–Crippen LogP) is 4.27. The average molecular weight is 287 g/mol. The molecule has 1 aromatic rings. The van der Waals surface area contributed by atoms with Crippen LogP contribution in [0.5, 0.6) is 5.75 Å². The number of fused-ring (bicyclic) bond motifs is 1. The molecule has 112 valence electrons. The molecule has 0 amide bonds. The third kappa shape index (κ3) is 3.66. The SMILES string of the molecule is Cc1ccc2c(c1)[C@@H](N)CC(C)(CCCC(F)(F)F)O2. The molecule has 0 aliphatic carbocycles. The zero-order chi connectivity index (χ0) is 15.0. The van der Waals surface area contributed by atoms with Gasteiger partial charge < -0.3 is 10.5 Å². The number of aryl methyl sites for hydroxylation is 1. The third-order valence-electron chi connectivity index (χ3n) is 3.74. The van der Waals surface area contributed by atoms with Gasteiger partial charge in [-0.3, -0.25) is 0 Å². The first-order valence-corrected chi connectivity index (χ1v) is 6.80. The molecule has 2 nitrogen and oxygen atoms in total. The fraction of sp³-hybridized carbons (Fsp3) is 0.600. The lowest BCUT2D eigenvalue weighted by molar-refractivity contribution is -0.137. The molecule has 1 aliphatic rings. The molecule has 1 aromatic carbocycles. The molecule has 0 aromatic heterocycles. The Morgan fingerprint density at radius 2 is 2.10 bits per heavy atom. The number of hydrogen-bond acceptors (Lipinski definition) is 2. The molecule has 0 bridgehead atoms. The molecular weight excluding hydrogens is 267 g/mol. The molecule has 20 heavy (non-hydrogen) atoms. The number of halogens is 3. The fourth-order valence-corrected chi connectivity index (χ4v) is 2.75. The van der Waals surface area contributed by atoms with Crippen LogP contribution < -0.4 is 10.5 Å². The van der Waals surface area contributed by atoms with Gasteiger partial charge >= 0.3 is 6.18 Å². The number of alkyl halides is 3. The van der Waals surface area contributed by atoms with Gasteiger partial charge in [0.05, 0.1) is 0 Å². The van der Waals surface area contributed by atoms with E-state index >= 15 is 0 Å². The molecule has 5 heteroatoms. The van der Waals surface area contributed by atoms with Crippen LogP contribution in [0, 0.1) is 6.92 Å². The normalized spacial score (nSPS) is 26.0. The Morgan fingerprint density at radius 1 is 1.40 bits per heavy atom. The highest BCUT2D eigenvalue weighted by atomic mass is 19.4. The molecule has 1 unspecified atom stereocenters. The van der Waals surface area contributed by atoms with Gasteiger partial charge in [-0.05, 0) is 32.8 Å². The van der Waals surface area contributed by atoms with E-state index in [1.165, 1.54) is 0 Å². The second kappa shape index (κ2) is 5.28. The largest absolute Gasteiger partial charge is 0.487 e. The van der Waals surface area contributed by atoms with E-state index in [4.69, 9.17) is 10.5 Å². The van der Waals surface area contributed by atoms with Crippen LogP contribution in [0.4, 0.5) is 13.2 Å². The lowest BCUT2D eigenvalue weighted by Crippen LogP contribution is -2.40. The van der Waals surface area contributed by atoms with Gasteiger partial charge in [0.25, 0.3) is 0 Å². The van der Waals surface area contributed by atoms with Gasteiger partial charge in [-0.25, -0.2) is 0 Å². The summed E-state index contributed by atoms with van der Waals surface area (Å²) in [6.07, 6.45) is -3.92. The Labute approximate surface area is 117 Å². The molecule has 0 spiro atoms. The van der Waals surface area contributed by atoms with Gasteiger partial charge in [0.2, 0.25) is 0 Å². The minimum absolute atomic E-state index is 0.0634. The van der Waals surface area contributed by atoms with Crippen molar-refractivity contribution >= 4 is 0 Å². The second-order valence-corrected chi connectivity index (χ2v) is 5.87. The van der Waals surface area contributed by atoms with Gasteiger partial charge in [0.1, 0.15) is 11.4 Å². The first-order valence-electron chi connectivity index (χ1n) is 6.80. The summed E-state index contributed by atoms with van der Waals surface area (Å²) < 4.78 is 42.6. The first-order chi connectivity index (χ1) is 9.19. The van der Waals surface area contributed by atoms with Crippen molar-refractivity contribution in [2.24, 2.45) is 5.73 Å². The number of hydrogen-bond donors (Lipinski definition) is 1. The minimum Gasteiger partial charge on any atom is -0.487 e. The summed E-state index contributed by atoms with van der Waals surface area (Å²) in [6, 6.07) is 5.57. The van der Waals surface area contributed by atoms with E-state index in [1.807, 2.05) is 32.0 Å². The molecule has 0 radical (unpaired) electrons. The minimum atomic E-state index is -4.11. The molecule has 1 aliphatic heterocycles. The summed E-state index contributed by atoms with van der Waals surface area (Å²) in [6.45, 7) is 3.82. The van der Waals surface area contributed by atoms with Crippen LogP contribution in [0.3, 0.4) is 0 Å². The van der Waals surface area contributed by atoms with Gasteiger partial charge in [-0.15, -0.1) is 0 Å². The maximum Gasteiger partial charge on any atom is 0.389 e. The van der Waals surface area contributed by atoms with Crippen molar-refractivity contribution < 1.29 is 17.9 Å². The monoisotopic (exact) mass is 287 g/mol. The summed E-state index contributed by atoms with van der Waals surface area (Å²) in [5.41, 5.74) is 7.57. The van der Waals surface area contributed by atoms with E-state index < -0.39 is 18.2 Å². The Balaban J connectivity index is 2.06. The number of ether oxygens (including phenoxy) is 1. The topological polar surface area (TPSA) is 35.2 Å². The highest BCUT2D eigenvalue weighted by Gasteiger charge is 2.37. The van der Waals surface area contributed by atoms with Crippen molar-refractivity contribution in [2.45, 2.75) is 57.3 Å². The van der Waals surface area contributed by atoms with Crippen LogP contribution in [-0.2, 0) is 0 Å². The van der Waals surface area contributed by atoms with Crippen LogP contribution in [-0.4, -0.2) is 11.8 Å². The molecule has 2 N–H and O–H groups in total. The quantitative estimate of drug-likeness (QED) is 0.901. The Kier molecular flexibility index (Phi) is 4.00. The molecule has 1 heterocycles. The molecule has 2 rings (SSSR count). The summed E-state index contributed by atoms with van der Waals surface area (Å²) in [5, 5.41) is 0. The van der Waals surface area contributed by atoms with Gasteiger partial charge in [-0.2, -0.15) is 13.2 Å². The highest BCUT2D eigenvalue weighted by Crippen LogP contribution is 2.41. The maximum atomic E-state index is 12.2. The Hall–Kier alpha value is -1.23. The van der Waals surface area contributed by atoms with Crippen LogP contribution in [0.2, 0.25) is 0 Å². The lowest BCUT2D eigenvalue weighted by atomic mass is 9.85. The van der Waals surface area contributed by atoms with Crippen molar-refractivity contribution in [1.29, 1.82) is 0 Å². The third-order valence-corrected chi connectivity index (χ3v) is 3.74. The summed E-state index contributed by atoms with van der Waals surface area (Å²) in [5.74, 6) is 0.698. The first kappa shape index (κ1) is 15.2. The standard InChI is InChI=1S/C15H20F3NO/c1-10-4-5-13-11(8-10)12(19)9-14(2,20-13)6-3-7-15(16,17)18/h4-5,8,12H,3,6-7,9,19H2,1-2H3/t12-,14?/m0/s1. The highest BCUT2D eigenvalue weighted by molar-refractivity contribution is 5.41. The van der Waals surface area contributed by atoms with Crippen molar-refractivity contribution in [3.05, 3.63) is 29.3 Å². The molecule has 0 saturated heterocycles. The summed E-state index contributed by atoms with van der Waals surface area (Å²) in [4.78, 5) is 0. The fourth-order valence-electron chi connectivity index (χ4n) is 2.75. The van der Waals surface area contributed by atoms with Crippen molar-refractivity contribution in [3.63, 3.8) is 0 Å². The van der Waals surface area contributed by atoms with E-state index in [0.717, 1.165) is 11.1 Å². The molecule has 0 fully saturated rings. The van der Waals surface area contributed by atoms with Crippen molar-refractivity contribution in [3.8, 4) is 5.75 Å². The van der Waals surface area contributed by atoms with E-state index in [0.29, 0.717) is 18.6 Å². The van der Waals surface area contributed by atoms with Gasteiger partial charge in [0.15, 0.2) is 0 Å². The zero-order valence-electron chi connectivity index (χ0n) is 11.8. The van der Waals surface area contributed by atoms with Gasteiger partial charge in [0, 0.05) is 24.4 Å². The predicted molar refractivity (Wildman–Crippen MR) is 71.7 cm³/mol. The van der Waals surface area contributed by atoms with Crippen molar-refractivity contribution in [1.82, 2.24) is 0 Å². The van der Waals surface area contributed by atoms with E-state index in [2.05, 4.69) is 0 Å². The smallest absolute Gasteiger partial charge is 0.389 e. The zero-order valence-corrected chi connectivity index (χ0v) is 11.8. The molecular formula is C15H20F3NO. The average Bonchev–Trinajstić information content (AvgIpc) is 2.28. The van der Waals surface area contributed by atoms with Crippen LogP contribution >= 0.6 is 0 Å². The molecule has 2 atom stereocenters. The summed E-state index contributed by atoms with van der Waals surface area (Å²) >= 11 is 0. The van der Waals surface area contributed by atoms with Crippen LogP contribution in [0.1, 0.15) is 49.8 Å². The Bertz CT molecular complexity index is 486. The van der Waals surface area contributed by atoms with E-state index in [9.17, 15) is 13.2 Å². The number of nitrogens with two attached hydrogens (primary N) is 1. The van der Waals surface area contributed by atoms with E-state index in [1.54, 1.807) is 0 Å². The Morgan fingerprint density at radius 3 is 2.75 bits per heavy atom. The summed E-state index contributed by atoms with van der Waals surface area (Å²) in [7, 11) is 0. The van der Waals surface area contributed by atoms with Gasteiger partial charge in [-0.1, -0.05) is 17.7 Å². The van der Waals surface area contributed by atoms with Crippen LogP contribution in [0.15, 0.2) is 18.2 Å². The van der Waals surface area contributed by atoms with Crippen LogP contribution in [0.25, 0.3) is 0 Å². The van der Waals surface area contributed by atoms with Crippen molar-refractivity contribution in [2.75, 3.05) is 0 Å². The second-order valence-electron chi connectivity index (χ2n) is 5.87.